The van der Waals surface area contributed by atoms with Gasteiger partial charge in [-0.3, -0.25) is 4.79 Å². The van der Waals surface area contributed by atoms with Gasteiger partial charge in [-0.05, 0) is 6.07 Å². The van der Waals surface area contributed by atoms with E-state index >= 15 is 0 Å². The largest absolute Gasteiger partial charge is 0.505 e. The molecule has 6 heteroatoms. The summed E-state index contributed by atoms with van der Waals surface area (Å²) in [5.74, 6) is -0.785. The first-order valence-corrected chi connectivity index (χ1v) is 3.76. The van der Waals surface area contributed by atoms with Crippen molar-refractivity contribution in [2.75, 3.05) is 0 Å². The fourth-order valence-electron chi connectivity index (χ4n) is 0.989. The van der Waals surface area contributed by atoms with Crippen molar-refractivity contribution in [1.82, 2.24) is 4.98 Å². The van der Waals surface area contributed by atoms with Crippen molar-refractivity contribution < 1.29 is 18.7 Å². The number of pyridine rings is 1. The monoisotopic (exact) mass is 202 g/mol. The first-order valence-electron chi connectivity index (χ1n) is 3.76. The van der Waals surface area contributed by atoms with Gasteiger partial charge in [0.2, 0.25) is 0 Å². The van der Waals surface area contributed by atoms with Crippen LogP contribution in [0, 0.1) is 0 Å². The molecule has 0 spiro atoms. The molecule has 76 valence electrons. The number of rotatable bonds is 3. The van der Waals surface area contributed by atoms with Gasteiger partial charge >= 0.3 is 0 Å². The fraction of sp³-hybridized carbons (Fsp3) is 0.250. The maximum atomic E-state index is 12.3. The van der Waals surface area contributed by atoms with E-state index in [2.05, 4.69) is 4.98 Å². The Morgan fingerprint density at radius 2 is 2.29 bits per heavy atom. The second-order valence-electron chi connectivity index (χ2n) is 2.56. The van der Waals surface area contributed by atoms with Gasteiger partial charge < -0.3 is 10.8 Å². The summed E-state index contributed by atoms with van der Waals surface area (Å²) >= 11 is 0. The summed E-state index contributed by atoms with van der Waals surface area (Å²) < 4.78 is 24.6. The van der Waals surface area contributed by atoms with Crippen molar-refractivity contribution in [3.8, 4) is 5.75 Å². The Kier molecular flexibility index (Phi) is 3.08. The number of aromatic nitrogens is 1. The lowest BCUT2D eigenvalue weighted by atomic mass is 10.1. The fourth-order valence-corrected chi connectivity index (χ4v) is 0.989. The van der Waals surface area contributed by atoms with E-state index in [9.17, 15) is 13.6 Å². The highest BCUT2D eigenvalue weighted by molar-refractivity contribution is 5.77. The molecule has 1 aromatic rings. The number of hydrogen-bond acceptors (Lipinski definition) is 4. The average Bonchev–Trinajstić information content (AvgIpc) is 2.17. The zero-order chi connectivity index (χ0) is 10.7. The minimum Gasteiger partial charge on any atom is -0.505 e. The third kappa shape index (κ3) is 1.85. The standard InChI is InChI=1S/C8H8F2N2O2/c9-8(10)5-1-4(2-11)12-6(3-13)7(5)14/h1,3,8,14H,2,11H2. The molecule has 0 aliphatic rings. The van der Waals surface area contributed by atoms with Gasteiger partial charge in [0, 0.05) is 6.54 Å². The molecule has 0 saturated carbocycles. The first kappa shape index (κ1) is 10.5. The molecule has 0 bridgehead atoms. The number of alkyl halides is 2. The van der Waals surface area contributed by atoms with Crippen molar-refractivity contribution in [3.05, 3.63) is 23.0 Å². The molecule has 3 N–H and O–H groups in total. The van der Waals surface area contributed by atoms with Gasteiger partial charge in [0.15, 0.2) is 12.0 Å². The van der Waals surface area contributed by atoms with E-state index in [1.807, 2.05) is 0 Å². The SMILES string of the molecule is NCc1cc(C(F)F)c(O)c(C=O)n1. The minimum absolute atomic E-state index is 0.0686. The molecule has 1 rings (SSSR count). The summed E-state index contributed by atoms with van der Waals surface area (Å²) in [5, 5.41) is 9.16. The lowest BCUT2D eigenvalue weighted by Crippen LogP contribution is -2.04. The van der Waals surface area contributed by atoms with Crippen LogP contribution < -0.4 is 5.73 Å². The van der Waals surface area contributed by atoms with E-state index in [0.29, 0.717) is 0 Å². The molecular formula is C8H8F2N2O2. The van der Waals surface area contributed by atoms with Gasteiger partial charge in [0.1, 0.15) is 5.69 Å². The number of carbonyl (C=O) groups excluding carboxylic acids is 1. The Balaban J connectivity index is 3.34. The molecule has 0 aliphatic carbocycles. The number of nitrogens with two attached hydrogens (primary N) is 1. The number of hydrogen-bond donors (Lipinski definition) is 2. The maximum absolute atomic E-state index is 12.3. The zero-order valence-corrected chi connectivity index (χ0v) is 7.08. The highest BCUT2D eigenvalue weighted by Crippen LogP contribution is 2.30. The topological polar surface area (TPSA) is 76.2 Å². The molecule has 0 atom stereocenters. The second kappa shape index (κ2) is 4.10. The van der Waals surface area contributed by atoms with E-state index < -0.39 is 23.4 Å². The smallest absolute Gasteiger partial charge is 0.267 e. The molecule has 0 saturated heterocycles. The summed E-state index contributed by atoms with van der Waals surface area (Å²) in [5.41, 5.74) is 4.29. The summed E-state index contributed by atoms with van der Waals surface area (Å²) in [6.45, 7) is -0.0686. The Hall–Kier alpha value is -1.56. The van der Waals surface area contributed by atoms with Crippen LogP contribution in [-0.2, 0) is 6.54 Å². The summed E-state index contributed by atoms with van der Waals surface area (Å²) in [4.78, 5) is 13.9. The Bertz CT molecular complexity index is 355. The van der Waals surface area contributed by atoms with Crippen LogP contribution >= 0.6 is 0 Å². The number of carbonyl (C=O) groups is 1. The Morgan fingerprint density at radius 1 is 1.64 bits per heavy atom. The molecule has 0 unspecified atom stereocenters. The minimum atomic E-state index is -2.86. The van der Waals surface area contributed by atoms with Crippen molar-refractivity contribution in [3.63, 3.8) is 0 Å². The van der Waals surface area contributed by atoms with Crippen molar-refractivity contribution >= 4 is 6.29 Å². The van der Waals surface area contributed by atoms with Crippen LogP contribution in [0.5, 0.6) is 5.75 Å². The van der Waals surface area contributed by atoms with Gasteiger partial charge in [-0.2, -0.15) is 0 Å². The third-order valence-corrected chi connectivity index (χ3v) is 1.66. The Labute approximate surface area is 78.4 Å². The molecule has 1 heterocycles. The van der Waals surface area contributed by atoms with E-state index in [1.165, 1.54) is 0 Å². The molecular weight excluding hydrogens is 194 g/mol. The van der Waals surface area contributed by atoms with Crippen LogP contribution in [0.1, 0.15) is 28.2 Å². The van der Waals surface area contributed by atoms with Crippen LogP contribution in [0.15, 0.2) is 6.07 Å². The molecule has 0 amide bonds. The average molecular weight is 202 g/mol. The highest BCUT2D eigenvalue weighted by Gasteiger charge is 2.17. The first-order chi connectivity index (χ1) is 6.60. The van der Waals surface area contributed by atoms with Crippen LogP contribution in [-0.4, -0.2) is 16.4 Å². The predicted molar refractivity (Wildman–Crippen MR) is 44.1 cm³/mol. The molecule has 0 aromatic carbocycles. The number of nitrogens with zero attached hydrogens (tertiary/aromatic N) is 1. The normalized spacial score (nSPS) is 10.6. The van der Waals surface area contributed by atoms with E-state index in [-0.39, 0.29) is 18.5 Å². The summed E-state index contributed by atoms with van der Waals surface area (Å²) in [6, 6.07) is 0.979. The molecule has 1 aromatic heterocycles. The van der Waals surface area contributed by atoms with Crippen LogP contribution in [0.3, 0.4) is 0 Å². The van der Waals surface area contributed by atoms with Crippen LogP contribution in [0.25, 0.3) is 0 Å². The lowest BCUT2D eigenvalue weighted by molar-refractivity contribution is 0.111. The summed E-state index contributed by atoms with van der Waals surface area (Å²) in [6.07, 6.45) is -2.65. The third-order valence-electron chi connectivity index (χ3n) is 1.66. The van der Waals surface area contributed by atoms with E-state index in [0.717, 1.165) is 6.07 Å². The molecule has 0 aliphatic heterocycles. The van der Waals surface area contributed by atoms with Gasteiger partial charge in [-0.1, -0.05) is 0 Å². The number of aromatic hydroxyl groups is 1. The highest BCUT2D eigenvalue weighted by atomic mass is 19.3. The van der Waals surface area contributed by atoms with E-state index in [1.54, 1.807) is 0 Å². The van der Waals surface area contributed by atoms with E-state index in [4.69, 9.17) is 10.8 Å². The van der Waals surface area contributed by atoms with Crippen molar-refractivity contribution in [2.45, 2.75) is 13.0 Å². The molecule has 0 radical (unpaired) electrons. The van der Waals surface area contributed by atoms with Crippen LogP contribution in [0.2, 0.25) is 0 Å². The lowest BCUT2D eigenvalue weighted by Gasteiger charge is -2.07. The van der Waals surface area contributed by atoms with Gasteiger partial charge in [0.25, 0.3) is 6.43 Å². The van der Waals surface area contributed by atoms with Gasteiger partial charge in [-0.25, -0.2) is 13.8 Å². The zero-order valence-electron chi connectivity index (χ0n) is 7.08. The maximum Gasteiger partial charge on any atom is 0.267 e. The van der Waals surface area contributed by atoms with Crippen molar-refractivity contribution in [1.29, 1.82) is 0 Å². The summed E-state index contributed by atoms with van der Waals surface area (Å²) in [7, 11) is 0. The number of halogens is 2. The second-order valence-corrected chi connectivity index (χ2v) is 2.56. The van der Waals surface area contributed by atoms with Gasteiger partial charge in [-0.15, -0.1) is 0 Å². The van der Waals surface area contributed by atoms with Crippen LogP contribution in [0.4, 0.5) is 8.78 Å². The predicted octanol–water partition coefficient (Wildman–Crippen LogP) is 0.996. The Morgan fingerprint density at radius 3 is 2.71 bits per heavy atom. The molecule has 14 heavy (non-hydrogen) atoms. The quantitative estimate of drug-likeness (QED) is 0.717. The molecule has 4 nitrogen and oxygen atoms in total. The molecule has 0 fully saturated rings. The van der Waals surface area contributed by atoms with Gasteiger partial charge in [0.05, 0.1) is 11.3 Å². The van der Waals surface area contributed by atoms with Crippen molar-refractivity contribution in [2.24, 2.45) is 5.73 Å². The number of aldehydes is 1.